The minimum Gasteiger partial charge on any atom is -0.310 e. The predicted molar refractivity (Wildman–Crippen MR) is 606 cm³/mol. The second-order valence-electron chi connectivity index (χ2n) is 36.0. The molecule has 8 heteroatoms. The molecule has 140 heavy (non-hydrogen) atoms. The van der Waals surface area contributed by atoms with Gasteiger partial charge < -0.3 is 18.9 Å². The summed E-state index contributed by atoms with van der Waals surface area (Å²) in [5, 5.41) is 21.1. The number of hydrogen-bond donors (Lipinski definition) is 0. The van der Waals surface area contributed by atoms with Gasteiger partial charge in [0.15, 0.2) is 16.1 Å². The third kappa shape index (κ3) is 14.9. The normalized spacial score (nSPS) is 11.7. The van der Waals surface area contributed by atoms with Crippen LogP contribution < -0.4 is 51.3 Å². The molecule has 0 bridgehead atoms. The van der Waals surface area contributed by atoms with Crippen molar-refractivity contribution in [1.82, 2.24) is 9.13 Å². The van der Waals surface area contributed by atoms with Crippen molar-refractivity contribution in [2.24, 2.45) is 0 Å². The Kier molecular flexibility index (Phi) is 22.1. The fraction of sp³-hybridized carbons (Fsp3) is 0. The molecule has 4 nitrogen and oxygen atoms in total. The van der Waals surface area contributed by atoms with Gasteiger partial charge in [0.2, 0.25) is 0 Å². The third-order valence-corrected chi connectivity index (χ3v) is 40.2. The van der Waals surface area contributed by atoms with Crippen LogP contribution in [-0.2, 0) is 0 Å². The van der Waals surface area contributed by atoms with Crippen LogP contribution in [0.25, 0.3) is 140 Å². The lowest BCUT2D eigenvalue weighted by molar-refractivity contribution is 1.18. The molecule has 0 amide bonds. The van der Waals surface area contributed by atoms with Gasteiger partial charge in [0.05, 0.1) is 27.8 Å². The summed E-state index contributed by atoms with van der Waals surface area (Å²) in [6.45, 7) is 0. The van der Waals surface area contributed by atoms with Gasteiger partial charge in [0.1, 0.15) is 0 Å². The molecule has 4 heterocycles. The monoisotopic (exact) mass is 1850 g/mol. The van der Waals surface area contributed by atoms with E-state index in [-0.39, 0.29) is 0 Å². The maximum absolute atomic E-state index is 2.71. The van der Waals surface area contributed by atoms with E-state index in [1.165, 1.54) is 187 Å². The number of hydrogen-bond acceptors (Lipinski definition) is 4. The second-order valence-corrected chi connectivity index (χ2v) is 45.8. The van der Waals surface area contributed by atoms with E-state index in [2.05, 4.69) is 577 Å². The van der Waals surface area contributed by atoms with Crippen LogP contribution in [0.2, 0.25) is 0 Å². The number of rotatable bonds is 20. The molecule has 660 valence electrons. The Bertz CT molecular complexity index is 8780. The summed E-state index contributed by atoms with van der Waals surface area (Å²) < 4.78 is 9.94. The van der Waals surface area contributed by atoms with Crippen LogP contribution in [0.4, 0.5) is 34.1 Å². The average Bonchev–Trinajstić information content (AvgIpc) is 1.62. The zero-order valence-corrected chi connectivity index (χ0v) is 80.4. The van der Waals surface area contributed by atoms with Crippen LogP contribution in [0.5, 0.6) is 0 Å². The van der Waals surface area contributed by atoms with Crippen molar-refractivity contribution in [3.63, 3.8) is 0 Å². The summed E-state index contributed by atoms with van der Waals surface area (Å²) in [7, 11) is -5.42. The molecule has 0 atom stereocenters. The smallest absolute Gasteiger partial charge is 0.179 e. The molecule has 0 saturated carbocycles. The Labute approximate surface area is 824 Å². The molecule has 0 saturated heterocycles. The van der Waals surface area contributed by atoms with Gasteiger partial charge in [-0.05, 0) is 226 Å². The van der Waals surface area contributed by atoms with Gasteiger partial charge in [0, 0.05) is 102 Å². The summed E-state index contributed by atoms with van der Waals surface area (Å²) in [5.41, 5.74) is 23.5. The molecule has 26 aromatic rings. The molecule has 0 spiro atoms. The molecule has 0 aliphatic heterocycles. The molecule has 0 radical (unpaired) electrons. The molecule has 0 aliphatic carbocycles. The van der Waals surface area contributed by atoms with Crippen molar-refractivity contribution < 1.29 is 0 Å². The van der Waals surface area contributed by atoms with Crippen molar-refractivity contribution >= 4 is 198 Å². The average molecular weight is 1850 g/mol. The molecule has 0 N–H and O–H groups in total. The van der Waals surface area contributed by atoms with Crippen LogP contribution >= 0.6 is 22.7 Å². The number of thiophene rings is 2. The van der Waals surface area contributed by atoms with Gasteiger partial charge in [-0.25, -0.2) is 0 Å². The zero-order valence-electron chi connectivity index (χ0n) is 76.7. The van der Waals surface area contributed by atoms with E-state index in [0.29, 0.717) is 0 Å². The Morgan fingerprint density at radius 1 is 0.164 bits per heavy atom. The predicted octanol–water partition coefficient (Wildman–Crippen LogP) is 30.7. The minimum absolute atomic E-state index is 1.10. The van der Waals surface area contributed by atoms with E-state index in [1.54, 1.807) is 0 Å². The molecule has 26 rings (SSSR count). The molecule has 0 unspecified atom stereocenters. The van der Waals surface area contributed by atoms with Crippen LogP contribution in [0, 0.1) is 0 Å². The van der Waals surface area contributed by atoms with Crippen LogP contribution in [-0.4, -0.2) is 25.3 Å². The van der Waals surface area contributed by atoms with E-state index in [0.717, 1.165) is 28.4 Å². The van der Waals surface area contributed by atoms with Crippen molar-refractivity contribution in [1.29, 1.82) is 0 Å². The quantitative estimate of drug-likeness (QED) is 0.0559. The lowest BCUT2D eigenvalue weighted by atomic mass is 9.97. The Hall–Kier alpha value is -17.1. The van der Waals surface area contributed by atoms with Crippen molar-refractivity contribution in [3.05, 3.63) is 558 Å². The van der Waals surface area contributed by atoms with Crippen molar-refractivity contribution in [3.8, 4) is 55.9 Å². The van der Waals surface area contributed by atoms with Gasteiger partial charge in [-0.1, -0.05) is 419 Å². The molecular weight excluding hydrogens is 1760 g/mol. The number of fused-ring (bicyclic) bond motifs is 12. The summed E-state index contributed by atoms with van der Waals surface area (Å²) >= 11 is 3.72. The van der Waals surface area contributed by atoms with Gasteiger partial charge >= 0.3 is 0 Å². The number of benzene rings is 22. The fourth-order valence-electron chi connectivity index (χ4n) is 22.0. The van der Waals surface area contributed by atoms with Crippen molar-refractivity contribution in [2.75, 3.05) is 9.80 Å². The van der Waals surface area contributed by atoms with Gasteiger partial charge in [0.25, 0.3) is 0 Å². The standard InChI is InChI=1S/2C66H46N2SSi/c1-5-19-50(20-6-1)68-60-30-15-13-27-58(60)65-57(29-17-31-61(65)68)49-37-35-47(36-38-49)48-39-41-51(42-40-48)67(62-32-18-34-64-66(62)59-28-14-16-33-63(59)69-64)52-43-45-56(46-44-52)70(53-21-7-2-8-22-53,54-23-9-3-10-24-54)55-25-11-4-12-26-55;1-5-18-50(19-6-1)68-62-29-15-13-27-60(62)66-58(28-17-30-63(66)68)49-34-32-47(33-35-49)48-36-38-51(39-37-48)67(53-42-45-65-61(46-53)59-26-14-16-31-64(59)69-65)52-40-43-57(44-41-52)70(54-20-7-2-8-21-54,55-22-9-3-10-23-55)56-24-11-4-12-25-56/h2*1-46H. The highest BCUT2D eigenvalue weighted by Crippen LogP contribution is 2.48. The first-order chi connectivity index (χ1) is 69.5. The summed E-state index contributed by atoms with van der Waals surface area (Å²) in [4.78, 5) is 4.88. The van der Waals surface area contributed by atoms with Crippen LogP contribution in [0.15, 0.2) is 558 Å². The van der Waals surface area contributed by atoms with E-state index < -0.39 is 16.1 Å². The fourth-order valence-corrected chi connectivity index (χ4v) is 33.7. The first-order valence-corrected chi connectivity index (χ1v) is 53.6. The largest absolute Gasteiger partial charge is 0.310 e. The SMILES string of the molecule is c1ccc(-n2c3ccccc3c3c(-c4ccc(-c5ccc(N(c6ccc([Si](c7ccccc7)(c7ccccc7)c7ccccc7)cc6)c6ccc7sc8ccccc8c7c6)cc5)cc4)cccc32)cc1.c1ccc(-n2c3ccccc3c3c(-c4ccc(-c5ccc(N(c6ccc([Si](c7ccccc7)(c7ccccc7)c7ccccc7)cc6)c6cccc7sc8ccccc8c67)cc5)cc4)cccc32)cc1. The summed E-state index contributed by atoms with van der Waals surface area (Å²) in [5.74, 6) is 0. The molecule has 4 aromatic heterocycles. The molecule has 0 aliphatic rings. The van der Waals surface area contributed by atoms with E-state index in [1.807, 2.05) is 22.7 Å². The Morgan fingerprint density at radius 2 is 0.436 bits per heavy atom. The van der Waals surface area contributed by atoms with Crippen molar-refractivity contribution in [2.45, 2.75) is 0 Å². The maximum atomic E-state index is 2.46. The van der Waals surface area contributed by atoms with Gasteiger partial charge in [-0.2, -0.15) is 0 Å². The zero-order chi connectivity index (χ0) is 92.9. The van der Waals surface area contributed by atoms with E-state index >= 15 is 0 Å². The minimum atomic E-state index is -2.71. The third-order valence-electron chi connectivity index (χ3n) is 28.3. The lowest BCUT2D eigenvalue weighted by Crippen LogP contribution is -2.74. The topological polar surface area (TPSA) is 16.3 Å². The number of nitrogens with zero attached hydrogens (tertiary/aromatic N) is 4. The van der Waals surface area contributed by atoms with Gasteiger partial charge in [-0.15, -0.1) is 22.7 Å². The summed E-state index contributed by atoms with van der Waals surface area (Å²) in [6.07, 6.45) is 0. The number of aromatic nitrogens is 2. The highest BCUT2D eigenvalue weighted by Gasteiger charge is 2.43. The molecule has 22 aromatic carbocycles. The maximum Gasteiger partial charge on any atom is 0.179 e. The first kappa shape index (κ1) is 84.6. The highest BCUT2D eigenvalue weighted by atomic mass is 32.1. The lowest BCUT2D eigenvalue weighted by Gasteiger charge is -2.35. The van der Waals surface area contributed by atoms with E-state index in [9.17, 15) is 0 Å². The highest BCUT2D eigenvalue weighted by molar-refractivity contribution is 7.26. The molecule has 0 fully saturated rings. The Balaban J connectivity index is 0.000000148. The molecular formula is C132H92N4S2Si2. The number of para-hydroxylation sites is 4. The number of anilines is 6. The first-order valence-electron chi connectivity index (χ1n) is 48.0. The van der Waals surface area contributed by atoms with Crippen LogP contribution in [0.1, 0.15) is 0 Å². The van der Waals surface area contributed by atoms with Crippen LogP contribution in [0.3, 0.4) is 0 Å². The summed E-state index contributed by atoms with van der Waals surface area (Å²) in [6, 6.07) is 206. The van der Waals surface area contributed by atoms with E-state index in [4.69, 9.17) is 0 Å². The van der Waals surface area contributed by atoms with Gasteiger partial charge in [-0.3, -0.25) is 0 Å². The second kappa shape index (κ2) is 36.5. The Morgan fingerprint density at radius 3 is 0.836 bits per heavy atom.